The lowest BCUT2D eigenvalue weighted by molar-refractivity contribution is 0.0685. The number of aromatic nitrogens is 2. The van der Waals surface area contributed by atoms with Crippen molar-refractivity contribution in [1.29, 1.82) is 0 Å². The predicted molar refractivity (Wildman–Crippen MR) is 49.3 cm³/mol. The van der Waals surface area contributed by atoms with Gasteiger partial charge in [-0.3, -0.25) is 4.68 Å². The maximum Gasteiger partial charge on any atom is 0.354 e. The van der Waals surface area contributed by atoms with Crippen LogP contribution in [0.25, 0.3) is 0 Å². The lowest BCUT2D eigenvalue weighted by Crippen LogP contribution is -2.07. The molecule has 1 aromatic heterocycles. The fourth-order valence-electron chi connectivity index (χ4n) is 0.915. The lowest BCUT2D eigenvalue weighted by atomic mass is 10.4. The molecule has 5 nitrogen and oxygen atoms in total. The Labute approximate surface area is 75.7 Å². The molecule has 0 atom stereocenters. The summed E-state index contributed by atoms with van der Waals surface area (Å²) in [5, 5.41) is 12.6. The molecule has 0 radical (unpaired) electrons. The van der Waals surface area contributed by atoms with E-state index >= 15 is 0 Å². The summed E-state index contributed by atoms with van der Waals surface area (Å²) in [6.07, 6.45) is 0. The maximum absolute atomic E-state index is 11.5. The Morgan fingerprint density at radius 1 is 1.62 bits per heavy atom. The second-order valence-electron chi connectivity index (χ2n) is 3.17. The van der Waals surface area contributed by atoms with Crippen molar-refractivity contribution in [1.82, 2.24) is 9.78 Å². The molecule has 72 valence electrons. The van der Waals surface area contributed by atoms with E-state index in [4.69, 9.17) is 5.11 Å². The van der Waals surface area contributed by atoms with Crippen LogP contribution in [0.1, 0.15) is 10.5 Å². The van der Waals surface area contributed by atoms with E-state index in [-0.39, 0.29) is 5.69 Å². The van der Waals surface area contributed by atoms with Crippen LogP contribution in [0.15, 0.2) is 6.07 Å². The molecular formula is C7H11N2O3P. The van der Waals surface area contributed by atoms with Gasteiger partial charge in [0.1, 0.15) is 18.3 Å². The Morgan fingerprint density at radius 2 is 2.15 bits per heavy atom. The summed E-state index contributed by atoms with van der Waals surface area (Å²) in [5.74, 6) is -1.06. The Balaban J connectivity index is 3.25. The summed E-state index contributed by atoms with van der Waals surface area (Å²) in [4.78, 5) is 10.6. The number of carboxylic acid groups (broad SMARTS) is 1. The molecule has 0 saturated heterocycles. The van der Waals surface area contributed by atoms with Crippen LogP contribution in [0, 0.1) is 0 Å². The monoisotopic (exact) mass is 202 g/mol. The van der Waals surface area contributed by atoms with E-state index in [9.17, 15) is 9.36 Å². The number of aromatic carboxylic acids is 1. The zero-order chi connectivity index (χ0) is 10.2. The molecule has 0 aliphatic carbocycles. The van der Waals surface area contributed by atoms with Gasteiger partial charge in [-0.05, 0) is 13.3 Å². The van der Waals surface area contributed by atoms with Gasteiger partial charge >= 0.3 is 5.97 Å². The first-order valence-corrected chi connectivity index (χ1v) is 6.25. The van der Waals surface area contributed by atoms with Gasteiger partial charge < -0.3 is 9.67 Å². The first kappa shape index (κ1) is 9.99. The van der Waals surface area contributed by atoms with Crippen molar-refractivity contribution in [2.45, 2.75) is 0 Å². The number of rotatable bonds is 2. The van der Waals surface area contributed by atoms with Gasteiger partial charge in [0.15, 0.2) is 0 Å². The molecule has 0 aliphatic rings. The van der Waals surface area contributed by atoms with Crippen molar-refractivity contribution in [3.8, 4) is 0 Å². The summed E-state index contributed by atoms with van der Waals surface area (Å²) < 4.78 is 12.8. The van der Waals surface area contributed by atoms with E-state index in [0.29, 0.717) is 5.44 Å². The standard InChI is InChI=1S/C7H11N2O3P/c1-9-5(7(10)11)4-6(8-9)13(2,3)12/h4H,1-3H3,(H,10,11). The highest BCUT2D eigenvalue weighted by molar-refractivity contribution is 7.69. The van der Waals surface area contributed by atoms with Crippen molar-refractivity contribution in [3.63, 3.8) is 0 Å². The highest BCUT2D eigenvalue weighted by Crippen LogP contribution is 2.33. The van der Waals surface area contributed by atoms with Crippen LogP contribution in [-0.4, -0.2) is 34.2 Å². The Hall–Kier alpha value is -1.09. The van der Waals surface area contributed by atoms with Gasteiger partial charge in [0.05, 0.1) is 0 Å². The first-order chi connectivity index (χ1) is 5.82. The first-order valence-electron chi connectivity index (χ1n) is 3.65. The van der Waals surface area contributed by atoms with Crippen molar-refractivity contribution in [2.75, 3.05) is 13.3 Å². The normalized spacial score (nSPS) is 11.6. The largest absolute Gasteiger partial charge is 0.477 e. The van der Waals surface area contributed by atoms with Crippen LogP contribution in [0.4, 0.5) is 0 Å². The van der Waals surface area contributed by atoms with E-state index in [0.717, 1.165) is 0 Å². The topological polar surface area (TPSA) is 72.2 Å². The van der Waals surface area contributed by atoms with Gasteiger partial charge in [-0.1, -0.05) is 0 Å². The fourth-order valence-corrected chi connectivity index (χ4v) is 1.70. The zero-order valence-corrected chi connectivity index (χ0v) is 8.58. The molecule has 0 aromatic carbocycles. The lowest BCUT2D eigenvalue weighted by Gasteiger charge is -1.98. The highest BCUT2D eigenvalue weighted by atomic mass is 31.2. The molecule has 6 heteroatoms. The second kappa shape index (κ2) is 3.00. The molecule has 0 saturated carbocycles. The Morgan fingerprint density at radius 3 is 2.38 bits per heavy atom. The molecule has 0 aliphatic heterocycles. The van der Waals surface area contributed by atoms with Gasteiger partial charge in [-0.15, -0.1) is 0 Å². The Kier molecular flexibility index (Phi) is 2.30. The molecule has 1 aromatic rings. The predicted octanol–water partition coefficient (Wildman–Crippen LogP) is 0.366. The molecule has 13 heavy (non-hydrogen) atoms. The van der Waals surface area contributed by atoms with Crippen LogP contribution in [0.2, 0.25) is 0 Å². The summed E-state index contributed by atoms with van der Waals surface area (Å²) in [6.45, 7) is 3.11. The number of hydrogen-bond acceptors (Lipinski definition) is 3. The van der Waals surface area contributed by atoms with E-state index in [1.807, 2.05) is 0 Å². The minimum absolute atomic E-state index is 0.0546. The molecule has 0 amide bonds. The Bertz CT molecular complexity index is 390. The van der Waals surface area contributed by atoms with Crippen LogP contribution >= 0.6 is 7.14 Å². The third kappa shape index (κ3) is 1.98. The quantitative estimate of drug-likeness (QED) is 0.703. The minimum Gasteiger partial charge on any atom is -0.477 e. The van der Waals surface area contributed by atoms with Crippen LogP contribution in [0.5, 0.6) is 0 Å². The zero-order valence-electron chi connectivity index (χ0n) is 7.68. The smallest absolute Gasteiger partial charge is 0.354 e. The summed E-state index contributed by atoms with van der Waals surface area (Å²) >= 11 is 0. The molecule has 0 fully saturated rings. The second-order valence-corrected chi connectivity index (χ2v) is 6.33. The average molecular weight is 202 g/mol. The van der Waals surface area contributed by atoms with E-state index < -0.39 is 13.1 Å². The number of carbonyl (C=O) groups is 1. The van der Waals surface area contributed by atoms with Gasteiger partial charge in [0.25, 0.3) is 0 Å². The molecule has 0 spiro atoms. The van der Waals surface area contributed by atoms with Crippen LogP contribution in [-0.2, 0) is 11.6 Å². The minimum atomic E-state index is -2.46. The van der Waals surface area contributed by atoms with E-state index in [1.54, 1.807) is 13.3 Å². The van der Waals surface area contributed by atoms with Crippen molar-refractivity contribution in [3.05, 3.63) is 11.8 Å². The van der Waals surface area contributed by atoms with Crippen molar-refractivity contribution >= 4 is 18.5 Å². The SMILES string of the molecule is Cn1nc(P(C)(C)=O)cc1C(=O)O. The highest BCUT2D eigenvalue weighted by Gasteiger charge is 2.19. The van der Waals surface area contributed by atoms with Crippen LogP contribution < -0.4 is 5.44 Å². The molecular weight excluding hydrogens is 191 g/mol. The van der Waals surface area contributed by atoms with Crippen LogP contribution in [0.3, 0.4) is 0 Å². The van der Waals surface area contributed by atoms with Crippen molar-refractivity contribution in [2.24, 2.45) is 7.05 Å². The molecule has 1 rings (SSSR count). The molecule has 1 N–H and O–H groups in total. The summed E-state index contributed by atoms with van der Waals surface area (Å²) in [7, 11) is -0.943. The summed E-state index contributed by atoms with van der Waals surface area (Å²) in [6, 6.07) is 1.35. The maximum atomic E-state index is 11.5. The van der Waals surface area contributed by atoms with Gasteiger partial charge in [0, 0.05) is 13.1 Å². The third-order valence-electron chi connectivity index (χ3n) is 1.64. The van der Waals surface area contributed by atoms with Gasteiger partial charge in [-0.25, -0.2) is 4.79 Å². The summed E-state index contributed by atoms with van der Waals surface area (Å²) in [5.41, 5.74) is 0.409. The number of nitrogens with zero attached hydrogens (tertiary/aromatic N) is 2. The number of carboxylic acids is 1. The fraction of sp³-hybridized carbons (Fsp3) is 0.429. The van der Waals surface area contributed by atoms with Gasteiger partial charge in [-0.2, -0.15) is 5.10 Å². The van der Waals surface area contributed by atoms with E-state index in [1.165, 1.54) is 17.8 Å². The number of aryl methyl sites for hydroxylation is 1. The van der Waals surface area contributed by atoms with Gasteiger partial charge in [0.2, 0.25) is 0 Å². The molecule has 1 heterocycles. The average Bonchev–Trinajstić information content (AvgIpc) is 2.29. The third-order valence-corrected chi connectivity index (χ3v) is 2.96. The number of hydrogen-bond donors (Lipinski definition) is 1. The van der Waals surface area contributed by atoms with Crippen molar-refractivity contribution < 1.29 is 14.5 Å². The molecule has 0 unspecified atom stereocenters. The molecule has 0 bridgehead atoms. The van der Waals surface area contributed by atoms with E-state index in [2.05, 4.69) is 5.10 Å².